The van der Waals surface area contributed by atoms with Crippen molar-refractivity contribution in [3.8, 4) is 0 Å². The summed E-state index contributed by atoms with van der Waals surface area (Å²) in [6.07, 6.45) is 5.50. The van der Waals surface area contributed by atoms with Crippen LogP contribution in [-0.4, -0.2) is 19.8 Å². The van der Waals surface area contributed by atoms with E-state index in [0.29, 0.717) is 6.04 Å². The van der Waals surface area contributed by atoms with Gasteiger partial charge in [-0.15, -0.1) is 0 Å². The van der Waals surface area contributed by atoms with Crippen LogP contribution in [0, 0.1) is 5.92 Å². The Morgan fingerprint density at radius 2 is 2.06 bits per heavy atom. The Labute approximate surface area is 111 Å². The van der Waals surface area contributed by atoms with E-state index in [1.807, 2.05) is 0 Å². The fourth-order valence-electron chi connectivity index (χ4n) is 2.44. The summed E-state index contributed by atoms with van der Waals surface area (Å²) >= 11 is 0. The van der Waals surface area contributed by atoms with Crippen LogP contribution in [0.3, 0.4) is 0 Å². The Morgan fingerprint density at radius 1 is 1.28 bits per heavy atom. The van der Waals surface area contributed by atoms with E-state index in [4.69, 9.17) is 4.74 Å². The summed E-state index contributed by atoms with van der Waals surface area (Å²) < 4.78 is 5.85. The molecular formula is C16H25NO. The summed E-state index contributed by atoms with van der Waals surface area (Å²) in [5.41, 5.74) is 1.32. The van der Waals surface area contributed by atoms with Crippen molar-refractivity contribution in [1.82, 2.24) is 5.32 Å². The Hall–Kier alpha value is -0.860. The standard InChI is InChI=1S/C16H25NO/c1-2-17-16(15-9-4-3-5-10-15)13-18-12-11-14-7-6-8-14/h3-5,9-10,14,16-17H,2,6-8,11-13H2,1H3. The zero-order valence-electron chi connectivity index (χ0n) is 11.4. The maximum atomic E-state index is 5.85. The predicted molar refractivity (Wildman–Crippen MR) is 75.6 cm³/mol. The van der Waals surface area contributed by atoms with Gasteiger partial charge in [0.25, 0.3) is 0 Å². The van der Waals surface area contributed by atoms with Gasteiger partial charge in [0.15, 0.2) is 0 Å². The van der Waals surface area contributed by atoms with Crippen molar-refractivity contribution in [2.24, 2.45) is 5.92 Å². The molecule has 2 rings (SSSR count). The van der Waals surface area contributed by atoms with Gasteiger partial charge in [0, 0.05) is 6.61 Å². The highest BCUT2D eigenvalue weighted by molar-refractivity contribution is 5.18. The molecule has 1 unspecified atom stereocenters. The molecule has 18 heavy (non-hydrogen) atoms. The minimum atomic E-state index is 0.331. The number of ether oxygens (including phenoxy) is 1. The largest absolute Gasteiger partial charge is 0.379 e. The van der Waals surface area contributed by atoms with Crippen LogP contribution >= 0.6 is 0 Å². The first-order valence-electron chi connectivity index (χ1n) is 7.26. The molecule has 100 valence electrons. The van der Waals surface area contributed by atoms with E-state index in [1.165, 1.54) is 31.2 Å². The van der Waals surface area contributed by atoms with Crippen LogP contribution in [-0.2, 0) is 4.74 Å². The first-order chi connectivity index (χ1) is 8.90. The lowest BCUT2D eigenvalue weighted by Gasteiger charge is -2.25. The van der Waals surface area contributed by atoms with Crippen molar-refractivity contribution in [1.29, 1.82) is 0 Å². The Kier molecular flexibility index (Phi) is 5.69. The third-order valence-corrected chi connectivity index (χ3v) is 3.83. The summed E-state index contributed by atoms with van der Waals surface area (Å²) in [6.45, 7) is 4.82. The van der Waals surface area contributed by atoms with E-state index in [9.17, 15) is 0 Å². The first-order valence-corrected chi connectivity index (χ1v) is 7.26. The molecule has 1 aromatic rings. The van der Waals surface area contributed by atoms with Crippen LogP contribution in [0.4, 0.5) is 0 Å². The molecule has 0 amide bonds. The number of hydrogen-bond donors (Lipinski definition) is 1. The minimum Gasteiger partial charge on any atom is -0.379 e. The van der Waals surface area contributed by atoms with Gasteiger partial charge in [0.1, 0.15) is 0 Å². The SMILES string of the molecule is CCNC(COCCC1CCC1)c1ccccc1. The fraction of sp³-hybridized carbons (Fsp3) is 0.625. The predicted octanol–water partition coefficient (Wildman–Crippen LogP) is 3.54. The molecule has 0 spiro atoms. The first kappa shape index (κ1) is 13.6. The Morgan fingerprint density at radius 3 is 2.67 bits per heavy atom. The maximum absolute atomic E-state index is 5.85. The summed E-state index contributed by atoms with van der Waals surface area (Å²) in [4.78, 5) is 0. The van der Waals surface area contributed by atoms with Crippen molar-refractivity contribution in [2.45, 2.75) is 38.6 Å². The third-order valence-electron chi connectivity index (χ3n) is 3.83. The average Bonchev–Trinajstić information content (AvgIpc) is 2.36. The van der Waals surface area contributed by atoms with Gasteiger partial charge in [0.2, 0.25) is 0 Å². The molecule has 1 atom stereocenters. The van der Waals surface area contributed by atoms with Gasteiger partial charge in [-0.3, -0.25) is 0 Å². The van der Waals surface area contributed by atoms with Gasteiger partial charge in [0.05, 0.1) is 12.6 Å². The number of benzene rings is 1. The van der Waals surface area contributed by atoms with E-state index in [2.05, 4.69) is 42.6 Å². The maximum Gasteiger partial charge on any atom is 0.0661 e. The second-order valence-corrected chi connectivity index (χ2v) is 5.18. The molecule has 0 radical (unpaired) electrons. The lowest BCUT2D eigenvalue weighted by Crippen LogP contribution is -2.26. The van der Waals surface area contributed by atoms with E-state index >= 15 is 0 Å². The van der Waals surface area contributed by atoms with Crippen LogP contribution in [0.25, 0.3) is 0 Å². The molecule has 0 aromatic heterocycles. The molecule has 1 aromatic carbocycles. The van der Waals surface area contributed by atoms with Crippen molar-refractivity contribution in [3.63, 3.8) is 0 Å². The van der Waals surface area contributed by atoms with Gasteiger partial charge < -0.3 is 10.1 Å². The van der Waals surface area contributed by atoms with E-state index < -0.39 is 0 Å². The van der Waals surface area contributed by atoms with Crippen molar-refractivity contribution >= 4 is 0 Å². The lowest BCUT2D eigenvalue weighted by atomic mass is 9.83. The zero-order valence-corrected chi connectivity index (χ0v) is 11.4. The number of hydrogen-bond acceptors (Lipinski definition) is 2. The number of likely N-dealkylation sites (N-methyl/N-ethyl adjacent to an activating group) is 1. The fourth-order valence-corrected chi connectivity index (χ4v) is 2.44. The van der Waals surface area contributed by atoms with Gasteiger partial charge in [-0.1, -0.05) is 56.5 Å². The molecular weight excluding hydrogens is 222 g/mol. The molecule has 2 nitrogen and oxygen atoms in total. The van der Waals surface area contributed by atoms with Crippen LogP contribution in [0.5, 0.6) is 0 Å². The van der Waals surface area contributed by atoms with Crippen LogP contribution in [0.15, 0.2) is 30.3 Å². The van der Waals surface area contributed by atoms with E-state index in [1.54, 1.807) is 0 Å². The molecule has 1 aliphatic rings. The highest BCUT2D eigenvalue weighted by Gasteiger charge is 2.17. The highest BCUT2D eigenvalue weighted by atomic mass is 16.5. The summed E-state index contributed by atoms with van der Waals surface area (Å²) in [5.74, 6) is 0.944. The minimum absolute atomic E-state index is 0.331. The van der Waals surface area contributed by atoms with Gasteiger partial charge >= 0.3 is 0 Å². The Bertz CT molecular complexity index is 321. The van der Waals surface area contributed by atoms with E-state index in [0.717, 1.165) is 25.7 Å². The van der Waals surface area contributed by atoms with Gasteiger partial charge in [-0.2, -0.15) is 0 Å². The molecule has 0 saturated heterocycles. The smallest absolute Gasteiger partial charge is 0.0661 e. The molecule has 1 fully saturated rings. The number of nitrogens with one attached hydrogen (secondary N) is 1. The molecule has 0 bridgehead atoms. The van der Waals surface area contributed by atoms with Gasteiger partial charge in [-0.25, -0.2) is 0 Å². The second-order valence-electron chi connectivity index (χ2n) is 5.18. The zero-order chi connectivity index (χ0) is 12.6. The third kappa shape index (κ3) is 4.11. The Balaban J connectivity index is 1.72. The summed E-state index contributed by atoms with van der Waals surface area (Å²) in [7, 11) is 0. The summed E-state index contributed by atoms with van der Waals surface area (Å²) in [5, 5.41) is 3.49. The summed E-state index contributed by atoms with van der Waals surface area (Å²) in [6, 6.07) is 10.9. The average molecular weight is 247 g/mol. The molecule has 2 heteroatoms. The van der Waals surface area contributed by atoms with E-state index in [-0.39, 0.29) is 0 Å². The molecule has 1 saturated carbocycles. The molecule has 0 heterocycles. The monoisotopic (exact) mass is 247 g/mol. The van der Waals surface area contributed by atoms with Crippen molar-refractivity contribution in [3.05, 3.63) is 35.9 Å². The van der Waals surface area contributed by atoms with Gasteiger partial charge in [-0.05, 0) is 24.4 Å². The highest BCUT2D eigenvalue weighted by Crippen LogP contribution is 2.29. The normalized spacial score (nSPS) is 17.4. The quantitative estimate of drug-likeness (QED) is 0.709. The topological polar surface area (TPSA) is 21.3 Å². The molecule has 1 aliphatic carbocycles. The van der Waals surface area contributed by atoms with Crippen LogP contribution < -0.4 is 5.32 Å². The lowest BCUT2D eigenvalue weighted by molar-refractivity contribution is 0.0891. The second kappa shape index (κ2) is 7.55. The van der Waals surface area contributed by atoms with Crippen LogP contribution in [0.1, 0.15) is 44.2 Å². The van der Waals surface area contributed by atoms with Crippen molar-refractivity contribution < 1.29 is 4.74 Å². The number of rotatable bonds is 8. The molecule has 0 aliphatic heterocycles. The molecule has 1 N–H and O–H groups in total. The van der Waals surface area contributed by atoms with Crippen molar-refractivity contribution in [2.75, 3.05) is 19.8 Å². The van der Waals surface area contributed by atoms with Crippen LogP contribution in [0.2, 0.25) is 0 Å².